The number of alkyl halides is 6. The molecular weight excluding hydrogens is 428 g/mol. The van der Waals surface area contributed by atoms with E-state index in [9.17, 15) is 22.0 Å². The van der Waals surface area contributed by atoms with E-state index >= 15 is 0 Å². The second kappa shape index (κ2) is 5.63. The Hall–Kier alpha value is -0.190. The van der Waals surface area contributed by atoms with E-state index in [1.165, 1.54) is 22.6 Å². The molecule has 0 aliphatic heterocycles. The predicted octanol–water partition coefficient (Wildman–Crippen LogP) is 4.42. The third kappa shape index (κ3) is 4.19. The lowest BCUT2D eigenvalue weighted by molar-refractivity contribution is -0.276. The van der Waals surface area contributed by atoms with Gasteiger partial charge in [-0.15, -0.1) is 13.2 Å². The second-order valence-electron chi connectivity index (χ2n) is 2.79. The number of hydrogen-bond acceptors (Lipinski definition) is 2. The molecule has 1 aromatic heterocycles. The molecule has 0 N–H and O–H groups in total. The maximum Gasteiger partial charge on any atom is 0.574 e. The van der Waals surface area contributed by atoms with Gasteiger partial charge in [0.05, 0.1) is 9.26 Å². The van der Waals surface area contributed by atoms with Crippen molar-refractivity contribution in [3.05, 3.63) is 20.9 Å². The van der Waals surface area contributed by atoms with Crippen LogP contribution in [0.5, 0.6) is 5.88 Å². The summed E-state index contributed by atoms with van der Waals surface area (Å²) in [5, 5.41) is -0.0855. The first-order chi connectivity index (χ1) is 7.74. The monoisotopic (exact) mass is 431 g/mol. The lowest BCUT2D eigenvalue weighted by Gasteiger charge is -2.13. The van der Waals surface area contributed by atoms with E-state index in [0.29, 0.717) is 0 Å². The molecule has 0 spiro atoms. The molecule has 0 amide bonds. The first kappa shape index (κ1) is 14.9. The van der Waals surface area contributed by atoms with E-state index in [2.05, 4.69) is 25.7 Å². The summed E-state index contributed by atoms with van der Waals surface area (Å²) < 4.78 is 64.5. The molecule has 0 bridgehead atoms. The van der Waals surface area contributed by atoms with Crippen molar-refractivity contribution in [1.29, 1.82) is 0 Å². The van der Waals surface area contributed by atoms with Crippen molar-refractivity contribution < 1.29 is 26.7 Å². The average Bonchev–Trinajstić information content (AvgIpc) is 2.18. The van der Waals surface area contributed by atoms with Crippen LogP contribution in [-0.2, 0) is 5.33 Å². The molecule has 96 valence electrons. The Morgan fingerprint density at radius 3 is 2.41 bits per heavy atom. The summed E-state index contributed by atoms with van der Waals surface area (Å²) in [4.78, 5) is 3.42. The van der Waals surface area contributed by atoms with Gasteiger partial charge in [-0.1, -0.05) is 15.9 Å². The first-order valence-electron chi connectivity index (χ1n) is 4.03. The fourth-order valence-electron chi connectivity index (χ4n) is 0.999. The number of halogens is 7. The van der Waals surface area contributed by atoms with Gasteiger partial charge in [-0.25, -0.2) is 13.8 Å². The number of ether oxygens (including phenoxy) is 1. The van der Waals surface area contributed by atoms with Crippen molar-refractivity contribution >= 4 is 38.5 Å². The number of aromatic nitrogens is 1. The van der Waals surface area contributed by atoms with Gasteiger partial charge in [0, 0.05) is 10.9 Å². The fraction of sp³-hybridized carbons (Fsp3) is 0.375. The van der Waals surface area contributed by atoms with E-state index in [1.54, 1.807) is 0 Å². The molecule has 9 heteroatoms. The summed E-state index contributed by atoms with van der Waals surface area (Å²) in [5.41, 5.74) is -0.597. The molecule has 1 heterocycles. The highest BCUT2D eigenvalue weighted by Crippen LogP contribution is 2.32. The van der Waals surface area contributed by atoms with Gasteiger partial charge < -0.3 is 4.74 Å². The topological polar surface area (TPSA) is 22.1 Å². The van der Waals surface area contributed by atoms with Crippen LogP contribution < -0.4 is 4.74 Å². The van der Waals surface area contributed by atoms with E-state index in [-0.39, 0.29) is 14.6 Å². The van der Waals surface area contributed by atoms with E-state index < -0.39 is 24.2 Å². The lowest BCUT2D eigenvalue weighted by atomic mass is 10.2. The minimum Gasteiger partial charge on any atom is -0.387 e. The zero-order valence-corrected chi connectivity index (χ0v) is 11.6. The molecule has 0 aliphatic rings. The van der Waals surface area contributed by atoms with Crippen molar-refractivity contribution in [1.82, 2.24) is 4.98 Å². The van der Waals surface area contributed by atoms with Crippen LogP contribution in [0, 0.1) is 3.57 Å². The van der Waals surface area contributed by atoms with Gasteiger partial charge in [-0.3, -0.25) is 0 Å². The minimum absolute atomic E-state index is 0.0855. The van der Waals surface area contributed by atoms with Crippen LogP contribution in [-0.4, -0.2) is 11.3 Å². The molecule has 2 nitrogen and oxygen atoms in total. The minimum atomic E-state index is -4.90. The highest BCUT2D eigenvalue weighted by atomic mass is 127. The summed E-state index contributed by atoms with van der Waals surface area (Å²) in [6.07, 6.45) is -7.70. The van der Waals surface area contributed by atoms with Crippen molar-refractivity contribution in [3.63, 3.8) is 0 Å². The van der Waals surface area contributed by atoms with Gasteiger partial charge in [0.25, 0.3) is 6.43 Å². The summed E-state index contributed by atoms with van der Waals surface area (Å²) in [5.74, 6) is -0.725. The largest absolute Gasteiger partial charge is 0.574 e. The molecule has 0 aromatic carbocycles. The summed E-state index contributed by atoms with van der Waals surface area (Å²) in [6, 6.07) is 0.926. The second-order valence-corrected chi connectivity index (χ2v) is 4.52. The fourth-order valence-corrected chi connectivity index (χ4v) is 2.01. The maximum atomic E-state index is 12.5. The molecule has 0 unspecified atom stereocenters. The lowest BCUT2D eigenvalue weighted by Crippen LogP contribution is -2.19. The molecule has 0 saturated heterocycles. The zero-order chi connectivity index (χ0) is 13.2. The highest BCUT2D eigenvalue weighted by molar-refractivity contribution is 14.1. The van der Waals surface area contributed by atoms with Gasteiger partial charge in [-0.2, -0.15) is 0 Å². The molecule has 17 heavy (non-hydrogen) atoms. The summed E-state index contributed by atoms with van der Waals surface area (Å²) in [7, 11) is 0. The molecule has 0 aliphatic carbocycles. The Labute approximate surface area is 115 Å². The van der Waals surface area contributed by atoms with E-state index in [0.717, 1.165) is 6.07 Å². The van der Waals surface area contributed by atoms with Crippen LogP contribution in [0.4, 0.5) is 22.0 Å². The number of rotatable bonds is 3. The Balaban J connectivity index is 3.18. The van der Waals surface area contributed by atoms with E-state index in [1.807, 2.05) is 0 Å². The van der Waals surface area contributed by atoms with Crippen molar-refractivity contribution in [2.45, 2.75) is 18.1 Å². The number of hydrogen-bond donors (Lipinski definition) is 0. The Bertz CT molecular complexity index is 412. The molecule has 0 atom stereocenters. The van der Waals surface area contributed by atoms with Crippen LogP contribution in [0.2, 0.25) is 0 Å². The summed E-state index contributed by atoms with van der Waals surface area (Å²) in [6.45, 7) is 0. The van der Waals surface area contributed by atoms with Crippen LogP contribution in [0.3, 0.4) is 0 Å². The smallest absolute Gasteiger partial charge is 0.387 e. The van der Waals surface area contributed by atoms with Gasteiger partial charge in [0.1, 0.15) is 0 Å². The first-order valence-corrected chi connectivity index (χ1v) is 6.23. The van der Waals surface area contributed by atoms with Crippen LogP contribution >= 0.6 is 38.5 Å². The standard InChI is InChI=1S/C8H4BrF5INO/c9-2-5-3(6(10)11)1-4(15)7(16-5)17-8(12,13)14/h1,6H,2H2. The highest BCUT2D eigenvalue weighted by Gasteiger charge is 2.33. The Kier molecular flexibility index (Phi) is 4.93. The molecular formula is C8H4BrF5INO. The maximum absolute atomic E-state index is 12.5. The third-order valence-electron chi connectivity index (χ3n) is 1.63. The Morgan fingerprint density at radius 1 is 1.41 bits per heavy atom. The van der Waals surface area contributed by atoms with Gasteiger partial charge in [-0.05, 0) is 28.7 Å². The van der Waals surface area contributed by atoms with Crippen molar-refractivity contribution in [2.24, 2.45) is 0 Å². The average molecular weight is 432 g/mol. The normalized spacial score (nSPS) is 12.0. The molecule has 0 saturated carbocycles. The third-order valence-corrected chi connectivity index (χ3v) is 2.93. The Morgan fingerprint density at radius 2 is 2.00 bits per heavy atom. The van der Waals surface area contributed by atoms with Gasteiger partial charge >= 0.3 is 6.36 Å². The predicted molar refractivity (Wildman–Crippen MR) is 61.2 cm³/mol. The van der Waals surface area contributed by atoms with Gasteiger partial charge in [0.2, 0.25) is 5.88 Å². The molecule has 1 rings (SSSR count). The van der Waals surface area contributed by atoms with Crippen LogP contribution in [0.1, 0.15) is 17.7 Å². The number of pyridine rings is 1. The van der Waals surface area contributed by atoms with Crippen LogP contribution in [0.25, 0.3) is 0 Å². The molecule has 0 fully saturated rings. The molecule has 0 radical (unpaired) electrons. The van der Waals surface area contributed by atoms with E-state index in [4.69, 9.17) is 0 Å². The summed E-state index contributed by atoms with van der Waals surface area (Å²) >= 11 is 4.34. The molecule has 1 aromatic rings. The SMILES string of the molecule is FC(F)c1cc(I)c(OC(F)(F)F)nc1CBr. The van der Waals surface area contributed by atoms with Crippen molar-refractivity contribution in [3.8, 4) is 5.88 Å². The van der Waals surface area contributed by atoms with Crippen LogP contribution in [0.15, 0.2) is 6.07 Å². The van der Waals surface area contributed by atoms with Gasteiger partial charge in [0.15, 0.2) is 0 Å². The van der Waals surface area contributed by atoms with Crippen molar-refractivity contribution in [2.75, 3.05) is 0 Å². The zero-order valence-electron chi connectivity index (χ0n) is 7.86. The number of nitrogens with zero attached hydrogens (tertiary/aromatic N) is 1. The quantitative estimate of drug-likeness (QED) is 0.401.